The zero-order valence-electron chi connectivity index (χ0n) is 12.2. The Morgan fingerprint density at radius 2 is 2.06 bits per heavy atom. The maximum Gasteiger partial charge on any atom is 0.0372 e. The van der Waals surface area contributed by atoms with Gasteiger partial charge in [-0.2, -0.15) is 0 Å². The first-order valence-electron chi connectivity index (χ1n) is 6.92. The maximum atomic E-state index is 4.29. The van der Waals surface area contributed by atoms with Gasteiger partial charge in [-0.1, -0.05) is 6.07 Å². The van der Waals surface area contributed by atoms with Crippen molar-refractivity contribution < 1.29 is 0 Å². The van der Waals surface area contributed by atoms with Gasteiger partial charge in [0, 0.05) is 24.5 Å². The van der Waals surface area contributed by atoms with Crippen LogP contribution in [0.2, 0.25) is 0 Å². The number of pyridine rings is 1. The third kappa shape index (κ3) is 6.12. The Balaban J connectivity index is 2.03. The molecule has 0 aliphatic rings. The highest BCUT2D eigenvalue weighted by molar-refractivity contribution is 5.12. The molecule has 18 heavy (non-hydrogen) atoms. The number of nitrogens with zero attached hydrogens (tertiary/aromatic N) is 2. The molecule has 0 unspecified atom stereocenters. The van der Waals surface area contributed by atoms with E-state index in [1.54, 1.807) is 0 Å². The Kier molecular flexibility index (Phi) is 6.91. The highest BCUT2D eigenvalue weighted by Crippen LogP contribution is 2.00. The van der Waals surface area contributed by atoms with Crippen LogP contribution in [0.15, 0.2) is 18.3 Å². The molecular weight excluding hydrogens is 222 g/mol. The molecule has 0 aliphatic carbocycles. The van der Waals surface area contributed by atoms with Crippen molar-refractivity contribution in [1.82, 2.24) is 15.2 Å². The van der Waals surface area contributed by atoms with E-state index >= 15 is 0 Å². The van der Waals surface area contributed by atoms with Crippen LogP contribution in [0.3, 0.4) is 0 Å². The predicted molar refractivity (Wildman–Crippen MR) is 77.7 cm³/mol. The predicted octanol–water partition coefficient (Wildman–Crippen LogP) is 2.60. The monoisotopic (exact) mass is 249 g/mol. The molecule has 1 heterocycles. The Bertz CT molecular complexity index is 319. The number of aromatic nitrogens is 1. The Labute approximate surface area is 112 Å². The summed E-state index contributed by atoms with van der Waals surface area (Å²) in [7, 11) is 2.19. The van der Waals surface area contributed by atoms with Crippen molar-refractivity contribution in [3.8, 4) is 0 Å². The third-order valence-electron chi connectivity index (χ3n) is 3.30. The molecule has 3 heteroatoms. The Morgan fingerprint density at radius 3 is 2.67 bits per heavy atom. The number of aryl methyl sites for hydroxylation is 1. The van der Waals surface area contributed by atoms with E-state index in [0.29, 0.717) is 6.04 Å². The number of hydrogen-bond donors (Lipinski definition) is 1. The summed E-state index contributed by atoms with van der Waals surface area (Å²) < 4.78 is 0. The number of rotatable bonds is 8. The molecule has 0 aromatic carbocycles. The van der Waals surface area contributed by atoms with Crippen LogP contribution in [0, 0.1) is 6.92 Å². The smallest absolute Gasteiger partial charge is 0.0372 e. The van der Waals surface area contributed by atoms with Gasteiger partial charge >= 0.3 is 0 Å². The van der Waals surface area contributed by atoms with Gasteiger partial charge in [0.2, 0.25) is 0 Å². The molecule has 0 saturated heterocycles. The van der Waals surface area contributed by atoms with Crippen LogP contribution in [0.1, 0.15) is 37.9 Å². The van der Waals surface area contributed by atoms with Crippen molar-refractivity contribution in [2.75, 3.05) is 20.1 Å². The van der Waals surface area contributed by atoms with Gasteiger partial charge in [-0.25, -0.2) is 0 Å². The van der Waals surface area contributed by atoms with E-state index in [1.807, 2.05) is 13.1 Å². The summed E-state index contributed by atoms with van der Waals surface area (Å²) in [4.78, 5) is 6.68. The van der Waals surface area contributed by atoms with Gasteiger partial charge in [0.1, 0.15) is 0 Å². The molecule has 1 rings (SSSR count). The van der Waals surface area contributed by atoms with E-state index in [1.165, 1.54) is 24.9 Å². The average molecular weight is 249 g/mol. The van der Waals surface area contributed by atoms with E-state index in [0.717, 1.165) is 18.8 Å². The lowest BCUT2D eigenvalue weighted by Gasteiger charge is -2.20. The molecule has 0 aliphatic heterocycles. The fourth-order valence-electron chi connectivity index (χ4n) is 1.71. The van der Waals surface area contributed by atoms with Crippen molar-refractivity contribution in [2.24, 2.45) is 0 Å². The van der Waals surface area contributed by atoms with Crippen LogP contribution in [0.5, 0.6) is 0 Å². The van der Waals surface area contributed by atoms with E-state index < -0.39 is 0 Å². The van der Waals surface area contributed by atoms with E-state index in [9.17, 15) is 0 Å². The summed E-state index contributed by atoms with van der Waals surface area (Å²) in [5.41, 5.74) is 2.34. The van der Waals surface area contributed by atoms with Gasteiger partial charge in [-0.3, -0.25) is 4.98 Å². The van der Waals surface area contributed by atoms with Crippen molar-refractivity contribution in [3.05, 3.63) is 29.6 Å². The van der Waals surface area contributed by atoms with Gasteiger partial charge in [-0.15, -0.1) is 0 Å². The minimum atomic E-state index is 0.650. The van der Waals surface area contributed by atoms with Gasteiger partial charge in [0.15, 0.2) is 0 Å². The third-order valence-corrected chi connectivity index (χ3v) is 3.30. The van der Waals surface area contributed by atoms with Crippen LogP contribution in [-0.4, -0.2) is 36.1 Å². The lowest BCUT2D eigenvalue weighted by molar-refractivity contribution is 0.268. The molecule has 3 nitrogen and oxygen atoms in total. The standard InChI is InChI=1S/C15H27N3/c1-13(2)18(4)10-6-5-9-16-11-15-8-7-14(3)17-12-15/h7-8,12-13,16H,5-6,9-11H2,1-4H3. The first-order chi connectivity index (χ1) is 8.59. The number of unbranched alkanes of at least 4 members (excludes halogenated alkanes) is 1. The normalized spacial score (nSPS) is 11.4. The highest BCUT2D eigenvalue weighted by Gasteiger charge is 2.01. The van der Waals surface area contributed by atoms with Gasteiger partial charge in [0.05, 0.1) is 0 Å². The molecule has 1 aromatic heterocycles. The van der Waals surface area contributed by atoms with Crippen LogP contribution < -0.4 is 5.32 Å². The summed E-state index contributed by atoms with van der Waals surface area (Å²) in [5.74, 6) is 0. The minimum Gasteiger partial charge on any atom is -0.313 e. The van der Waals surface area contributed by atoms with Crippen molar-refractivity contribution in [1.29, 1.82) is 0 Å². The van der Waals surface area contributed by atoms with Crippen molar-refractivity contribution >= 4 is 0 Å². The lowest BCUT2D eigenvalue weighted by Crippen LogP contribution is -2.27. The molecule has 0 amide bonds. The zero-order chi connectivity index (χ0) is 13.4. The molecular formula is C15H27N3. The Hall–Kier alpha value is -0.930. The summed E-state index contributed by atoms with van der Waals surface area (Å²) in [6, 6.07) is 4.85. The van der Waals surface area contributed by atoms with Crippen LogP contribution >= 0.6 is 0 Å². The van der Waals surface area contributed by atoms with E-state index in [4.69, 9.17) is 0 Å². The van der Waals surface area contributed by atoms with Crippen molar-refractivity contribution in [2.45, 2.75) is 46.2 Å². The molecule has 0 saturated carbocycles. The molecule has 0 radical (unpaired) electrons. The molecule has 1 aromatic rings. The first kappa shape index (κ1) is 15.1. The fraction of sp³-hybridized carbons (Fsp3) is 0.667. The second-order valence-corrected chi connectivity index (χ2v) is 5.27. The van der Waals surface area contributed by atoms with Gasteiger partial charge < -0.3 is 10.2 Å². The van der Waals surface area contributed by atoms with E-state index in [2.05, 4.69) is 48.2 Å². The quantitative estimate of drug-likeness (QED) is 0.718. The van der Waals surface area contributed by atoms with Crippen LogP contribution in [-0.2, 0) is 6.54 Å². The maximum absolute atomic E-state index is 4.29. The first-order valence-corrected chi connectivity index (χ1v) is 6.92. The minimum absolute atomic E-state index is 0.650. The van der Waals surface area contributed by atoms with Gasteiger partial charge in [-0.05, 0) is 65.4 Å². The Morgan fingerprint density at radius 1 is 1.28 bits per heavy atom. The molecule has 0 spiro atoms. The summed E-state index contributed by atoms with van der Waals surface area (Å²) in [6.45, 7) is 9.69. The van der Waals surface area contributed by atoms with Crippen LogP contribution in [0.4, 0.5) is 0 Å². The highest BCUT2D eigenvalue weighted by atomic mass is 15.1. The van der Waals surface area contributed by atoms with E-state index in [-0.39, 0.29) is 0 Å². The summed E-state index contributed by atoms with van der Waals surface area (Å²) in [5, 5.41) is 3.47. The lowest BCUT2D eigenvalue weighted by atomic mass is 10.2. The number of nitrogens with one attached hydrogen (secondary N) is 1. The molecule has 1 N–H and O–H groups in total. The second-order valence-electron chi connectivity index (χ2n) is 5.27. The number of hydrogen-bond acceptors (Lipinski definition) is 3. The largest absolute Gasteiger partial charge is 0.313 e. The molecule has 102 valence electrons. The van der Waals surface area contributed by atoms with Gasteiger partial charge in [0.25, 0.3) is 0 Å². The van der Waals surface area contributed by atoms with Crippen molar-refractivity contribution in [3.63, 3.8) is 0 Å². The second kappa shape index (κ2) is 8.22. The summed E-state index contributed by atoms with van der Waals surface area (Å²) in [6.07, 6.45) is 4.44. The molecule has 0 bridgehead atoms. The van der Waals surface area contributed by atoms with Crippen LogP contribution in [0.25, 0.3) is 0 Å². The SMILES string of the molecule is Cc1ccc(CNCCCCN(C)C(C)C)cn1. The zero-order valence-corrected chi connectivity index (χ0v) is 12.2. The molecule has 0 fully saturated rings. The average Bonchev–Trinajstić information content (AvgIpc) is 2.35. The fourth-order valence-corrected chi connectivity index (χ4v) is 1.71. The topological polar surface area (TPSA) is 28.2 Å². The molecule has 0 atom stereocenters. The summed E-state index contributed by atoms with van der Waals surface area (Å²) >= 11 is 0.